The van der Waals surface area contributed by atoms with Crippen molar-refractivity contribution in [3.05, 3.63) is 0 Å². The Morgan fingerprint density at radius 1 is 1.67 bits per heavy atom. The molecule has 0 bridgehead atoms. The second kappa shape index (κ2) is 4.78. The van der Waals surface area contributed by atoms with E-state index in [0.29, 0.717) is 5.75 Å². The summed E-state index contributed by atoms with van der Waals surface area (Å²) in [6.45, 7) is 1.92. The third-order valence-electron chi connectivity index (χ3n) is 0.659. The average Bonchev–Trinajstić information content (AvgIpc) is 1.82. The van der Waals surface area contributed by atoms with Gasteiger partial charge in [-0.1, -0.05) is 18.7 Å². The SMILES string of the molecule is CCCSC(=O)C(O)O. The summed E-state index contributed by atoms with van der Waals surface area (Å²) in [6.07, 6.45) is -0.940. The van der Waals surface area contributed by atoms with Gasteiger partial charge in [0.1, 0.15) is 0 Å². The first-order valence-electron chi connectivity index (χ1n) is 2.71. The molecule has 0 amide bonds. The van der Waals surface area contributed by atoms with E-state index in [1.165, 1.54) is 0 Å². The lowest BCUT2D eigenvalue weighted by molar-refractivity contribution is -0.135. The molecule has 4 heteroatoms. The summed E-state index contributed by atoms with van der Waals surface area (Å²) in [5.74, 6) is 0.649. The van der Waals surface area contributed by atoms with Gasteiger partial charge in [0.2, 0.25) is 11.4 Å². The summed E-state index contributed by atoms with van der Waals surface area (Å²) in [5, 5.41) is 15.9. The van der Waals surface area contributed by atoms with Crippen molar-refractivity contribution in [3.8, 4) is 0 Å². The fourth-order valence-corrected chi connectivity index (χ4v) is 0.832. The lowest BCUT2D eigenvalue weighted by Crippen LogP contribution is -2.15. The zero-order chi connectivity index (χ0) is 7.28. The van der Waals surface area contributed by atoms with E-state index < -0.39 is 11.4 Å². The van der Waals surface area contributed by atoms with Gasteiger partial charge in [-0.3, -0.25) is 4.79 Å². The topological polar surface area (TPSA) is 57.5 Å². The van der Waals surface area contributed by atoms with Crippen LogP contribution in [0.15, 0.2) is 0 Å². The largest absolute Gasteiger partial charge is 0.361 e. The van der Waals surface area contributed by atoms with Crippen LogP contribution in [0.5, 0.6) is 0 Å². The molecule has 0 radical (unpaired) electrons. The van der Waals surface area contributed by atoms with Crippen LogP contribution in [0.2, 0.25) is 0 Å². The summed E-state index contributed by atoms with van der Waals surface area (Å²) >= 11 is 0.946. The van der Waals surface area contributed by atoms with Crippen molar-refractivity contribution < 1.29 is 15.0 Å². The van der Waals surface area contributed by atoms with Crippen LogP contribution < -0.4 is 0 Å². The number of hydrogen-bond donors (Lipinski definition) is 2. The first kappa shape index (κ1) is 8.94. The number of carbonyl (C=O) groups excluding carboxylic acids is 1. The highest BCUT2D eigenvalue weighted by Crippen LogP contribution is 2.04. The van der Waals surface area contributed by atoms with E-state index in [2.05, 4.69) is 0 Å². The van der Waals surface area contributed by atoms with E-state index in [1.54, 1.807) is 0 Å². The molecular weight excluding hydrogens is 140 g/mol. The van der Waals surface area contributed by atoms with Crippen molar-refractivity contribution in [2.24, 2.45) is 0 Å². The van der Waals surface area contributed by atoms with Gasteiger partial charge >= 0.3 is 0 Å². The van der Waals surface area contributed by atoms with E-state index in [-0.39, 0.29) is 0 Å². The standard InChI is InChI=1S/C5H10O3S/c1-2-3-9-5(8)4(6)7/h4,6-7H,2-3H2,1H3. The van der Waals surface area contributed by atoms with Crippen LogP contribution in [-0.2, 0) is 4.79 Å². The van der Waals surface area contributed by atoms with Gasteiger partial charge < -0.3 is 10.2 Å². The monoisotopic (exact) mass is 150 g/mol. The molecule has 0 heterocycles. The maximum absolute atomic E-state index is 10.4. The fraction of sp³-hybridized carbons (Fsp3) is 0.800. The number of carbonyl (C=O) groups is 1. The van der Waals surface area contributed by atoms with Crippen LogP contribution in [0.25, 0.3) is 0 Å². The molecule has 3 nitrogen and oxygen atoms in total. The van der Waals surface area contributed by atoms with Crippen molar-refractivity contribution in [3.63, 3.8) is 0 Å². The molecule has 0 unspecified atom stereocenters. The Morgan fingerprint density at radius 2 is 2.22 bits per heavy atom. The molecule has 0 aromatic heterocycles. The summed E-state index contributed by atoms with van der Waals surface area (Å²) < 4.78 is 0. The van der Waals surface area contributed by atoms with Crippen LogP contribution in [0, 0.1) is 0 Å². The molecule has 0 aliphatic rings. The van der Waals surface area contributed by atoms with Crippen LogP contribution in [0.3, 0.4) is 0 Å². The Morgan fingerprint density at radius 3 is 2.56 bits per heavy atom. The smallest absolute Gasteiger partial charge is 0.244 e. The van der Waals surface area contributed by atoms with E-state index in [4.69, 9.17) is 10.2 Å². The van der Waals surface area contributed by atoms with Gasteiger partial charge in [-0.25, -0.2) is 0 Å². The number of aliphatic hydroxyl groups is 2. The number of hydrogen-bond acceptors (Lipinski definition) is 4. The minimum Gasteiger partial charge on any atom is -0.361 e. The highest BCUT2D eigenvalue weighted by Gasteiger charge is 2.09. The molecule has 54 valence electrons. The number of thioether (sulfide) groups is 1. The molecule has 0 fully saturated rings. The van der Waals surface area contributed by atoms with Crippen molar-refractivity contribution in [2.75, 3.05) is 5.75 Å². The number of aliphatic hydroxyl groups excluding tert-OH is 1. The molecule has 0 aliphatic carbocycles. The third kappa shape index (κ3) is 4.44. The molecule has 0 atom stereocenters. The van der Waals surface area contributed by atoms with Crippen molar-refractivity contribution in [2.45, 2.75) is 19.6 Å². The van der Waals surface area contributed by atoms with Gasteiger partial charge in [0, 0.05) is 5.75 Å². The quantitative estimate of drug-likeness (QED) is 0.554. The molecule has 0 saturated heterocycles. The van der Waals surface area contributed by atoms with Gasteiger partial charge in [0.25, 0.3) is 0 Å². The summed E-state index contributed by atoms with van der Waals surface area (Å²) in [4.78, 5) is 10.4. The summed E-state index contributed by atoms with van der Waals surface area (Å²) in [5.41, 5.74) is 0. The molecule has 0 saturated carbocycles. The van der Waals surface area contributed by atoms with Gasteiger partial charge in [-0.05, 0) is 6.42 Å². The Balaban J connectivity index is 3.28. The van der Waals surface area contributed by atoms with E-state index in [9.17, 15) is 4.79 Å². The Bertz CT molecular complexity index is 92.2. The Labute approximate surface area is 58.1 Å². The van der Waals surface area contributed by atoms with Crippen LogP contribution >= 0.6 is 11.8 Å². The first-order valence-corrected chi connectivity index (χ1v) is 3.69. The van der Waals surface area contributed by atoms with E-state index >= 15 is 0 Å². The van der Waals surface area contributed by atoms with Gasteiger partial charge in [-0.2, -0.15) is 0 Å². The Kier molecular flexibility index (Phi) is 4.75. The fourth-order valence-electron chi connectivity index (χ4n) is 0.277. The zero-order valence-electron chi connectivity index (χ0n) is 5.20. The molecule has 9 heavy (non-hydrogen) atoms. The average molecular weight is 150 g/mol. The first-order chi connectivity index (χ1) is 4.18. The second-order valence-corrected chi connectivity index (χ2v) is 2.64. The molecule has 0 aromatic rings. The third-order valence-corrected chi connectivity index (χ3v) is 1.77. The van der Waals surface area contributed by atoms with Crippen molar-refractivity contribution >= 4 is 16.9 Å². The van der Waals surface area contributed by atoms with Crippen molar-refractivity contribution in [1.29, 1.82) is 0 Å². The van der Waals surface area contributed by atoms with Gasteiger partial charge in [0.15, 0.2) is 0 Å². The lowest BCUT2D eigenvalue weighted by Gasteiger charge is -1.98. The molecule has 0 aliphatic heterocycles. The minimum atomic E-state index is -1.80. The maximum Gasteiger partial charge on any atom is 0.244 e. The van der Waals surface area contributed by atoms with E-state index in [0.717, 1.165) is 18.2 Å². The minimum absolute atomic E-state index is 0.572. The predicted octanol–water partition coefficient (Wildman–Crippen LogP) is -0.0331. The van der Waals surface area contributed by atoms with Crippen LogP contribution in [0.4, 0.5) is 0 Å². The molecule has 0 rings (SSSR count). The number of rotatable bonds is 3. The highest BCUT2D eigenvalue weighted by atomic mass is 32.2. The highest BCUT2D eigenvalue weighted by molar-refractivity contribution is 8.13. The van der Waals surface area contributed by atoms with Crippen LogP contribution in [-0.4, -0.2) is 27.4 Å². The predicted molar refractivity (Wildman–Crippen MR) is 36.0 cm³/mol. The molecular formula is C5H10O3S. The summed E-state index contributed by atoms with van der Waals surface area (Å²) in [6, 6.07) is 0. The normalized spacial score (nSPS) is 10.2. The van der Waals surface area contributed by atoms with Crippen LogP contribution in [0.1, 0.15) is 13.3 Å². The second-order valence-electron chi connectivity index (χ2n) is 1.54. The Hall–Kier alpha value is -0.0600. The molecule has 0 spiro atoms. The summed E-state index contributed by atoms with van der Waals surface area (Å²) in [7, 11) is 0. The zero-order valence-corrected chi connectivity index (χ0v) is 6.02. The van der Waals surface area contributed by atoms with Crippen molar-refractivity contribution in [1.82, 2.24) is 0 Å². The van der Waals surface area contributed by atoms with E-state index in [1.807, 2.05) is 6.92 Å². The lowest BCUT2D eigenvalue weighted by atomic mass is 10.6. The maximum atomic E-state index is 10.4. The van der Waals surface area contributed by atoms with Gasteiger partial charge in [-0.15, -0.1) is 0 Å². The van der Waals surface area contributed by atoms with Gasteiger partial charge in [0.05, 0.1) is 0 Å². The molecule has 0 aromatic carbocycles. The molecule has 2 N–H and O–H groups in total.